The first-order valence-corrected chi connectivity index (χ1v) is 11.8. The second kappa shape index (κ2) is 12.9. The van der Waals surface area contributed by atoms with Gasteiger partial charge in [0.1, 0.15) is 10.7 Å². The Morgan fingerprint density at radius 2 is 2.00 bits per heavy atom. The highest BCUT2D eigenvalue weighted by Gasteiger charge is 2.37. The lowest BCUT2D eigenvalue weighted by Crippen LogP contribution is -2.27. The normalized spacial score (nSPS) is 21.1. The first-order valence-electron chi connectivity index (χ1n) is 11.5. The Balaban J connectivity index is 0.00000176. The standard InChI is InChI=1S/C20H31ClN6O3.C2H6/c1-4-23-13-9-16(21)26-20-18(13)25-11-27(20)14-7-12(8-15(14)28)19(22)24-10-17(29-5-2)30-6-3;1-2/h9,11-12,14-15,17,28H,4-8,10H2,1-3H3,(H2,22,24)(H,23,26);1-2H3/t12-,14+,15+;/m0./s1. The van der Waals surface area contributed by atoms with Gasteiger partial charge in [-0.1, -0.05) is 25.4 Å². The maximum Gasteiger partial charge on any atom is 0.176 e. The van der Waals surface area contributed by atoms with Crippen LogP contribution in [0.15, 0.2) is 17.4 Å². The zero-order valence-electron chi connectivity index (χ0n) is 19.7. The van der Waals surface area contributed by atoms with E-state index in [4.69, 9.17) is 26.8 Å². The van der Waals surface area contributed by atoms with E-state index in [-0.39, 0.29) is 12.0 Å². The molecule has 32 heavy (non-hydrogen) atoms. The van der Waals surface area contributed by atoms with Gasteiger partial charge in [-0.2, -0.15) is 0 Å². The van der Waals surface area contributed by atoms with Crippen LogP contribution in [0.25, 0.3) is 11.2 Å². The van der Waals surface area contributed by atoms with Crippen LogP contribution in [0.2, 0.25) is 5.15 Å². The minimum Gasteiger partial charge on any atom is -0.391 e. The SMILES string of the molecule is CC.CCNc1cc(Cl)nc2c1ncn2[C@@H]1C[C@H](C(N)=NCC(OCC)OCC)C[C@H]1O. The molecule has 2 aromatic rings. The largest absolute Gasteiger partial charge is 0.391 e. The van der Waals surface area contributed by atoms with E-state index in [1.807, 2.05) is 39.2 Å². The molecule has 3 atom stereocenters. The number of amidine groups is 1. The molecule has 2 aromatic heterocycles. The molecule has 10 heteroatoms. The number of ether oxygens (including phenoxy) is 2. The van der Waals surface area contributed by atoms with E-state index in [1.54, 1.807) is 12.4 Å². The summed E-state index contributed by atoms with van der Waals surface area (Å²) in [6, 6.07) is 1.56. The molecular formula is C22H37ClN6O3. The van der Waals surface area contributed by atoms with Crippen LogP contribution in [-0.4, -0.2) is 64.2 Å². The number of nitrogens with one attached hydrogen (secondary N) is 1. The van der Waals surface area contributed by atoms with E-state index in [9.17, 15) is 5.11 Å². The van der Waals surface area contributed by atoms with Gasteiger partial charge in [-0.15, -0.1) is 0 Å². The number of nitrogens with zero attached hydrogens (tertiary/aromatic N) is 4. The number of aliphatic hydroxyl groups is 1. The topological polar surface area (TPSA) is 120 Å². The molecule has 0 saturated heterocycles. The molecule has 0 spiro atoms. The average molecular weight is 469 g/mol. The van der Waals surface area contributed by atoms with Crippen molar-refractivity contribution in [3.8, 4) is 0 Å². The number of hydrogen-bond donors (Lipinski definition) is 3. The fraction of sp³-hybridized carbons (Fsp3) is 0.682. The summed E-state index contributed by atoms with van der Waals surface area (Å²) in [5.74, 6) is 0.462. The Bertz CT molecular complexity index is 869. The highest BCUT2D eigenvalue weighted by atomic mass is 35.5. The molecule has 3 rings (SSSR count). The number of nitrogens with two attached hydrogens (primary N) is 1. The van der Waals surface area contributed by atoms with Crippen LogP contribution in [-0.2, 0) is 9.47 Å². The van der Waals surface area contributed by atoms with Crippen molar-refractivity contribution < 1.29 is 14.6 Å². The Labute approximate surface area is 195 Å². The number of hydrogen-bond acceptors (Lipinski definition) is 7. The predicted molar refractivity (Wildman–Crippen MR) is 129 cm³/mol. The monoisotopic (exact) mass is 468 g/mol. The van der Waals surface area contributed by atoms with Gasteiger partial charge >= 0.3 is 0 Å². The van der Waals surface area contributed by atoms with E-state index in [0.29, 0.717) is 49.2 Å². The Hall–Kier alpha value is -1.94. The molecule has 0 aromatic carbocycles. The minimum absolute atomic E-state index is 0.0428. The lowest BCUT2D eigenvalue weighted by atomic mass is 10.1. The highest BCUT2D eigenvalue weighted by Crippen LogP contribution is 2.37. The fourth-order valence-electron chi connectivity index (χ4n) is 3.91. The number of anilines is 1. The fourth-order valence-corrected chi connectivity index (χ4v) is 4.10. The molecule has 0 amide bonds. The lowest BCUT2D eigenvalue weighted by Gasteiger charge is -2.17. The molecule has 0 bridgehead atoms. The summed E-state index contributed by atoms with van der Waals surface area (Å²) in [6.07, 6.45) is 1.88. The quantitative estimate of drug-likeness (QED) is 0.211. The molecular weight excluding hydrogens is 432 g/mol. The lowest BCUT2D eigenvalue weighted by molar-refractivity contribution is -0.128. The van der Waals surface area contributed by atoms with Crippen LogP contribution in [0.4, 0.5) is 5.69 Å². The summed E-state index contributed by atoms with van der Waals surface area (Å²) >= 11 is 6.22. The number of halogens is 1. The van der Waals surface area contributed by atoms with Crippen LogP contribution in [0.5, 0.6) is 0 Å². The van der Waals surface area contributed by atoms with Crippen LogP contribution < -0.4 is 11.1 Å². The highest BCUT2D eigenvalue weighted by molar-refractivity contribution is 6.30. The first-order chi connectivity index (χ1) is 15.5. The summed E-state index contributed by atoms with van der Waals surface area (Å²) < 4.78 is 12.9. The molecule has 0 unspecified atom stereocenters. The summed E-state index contributed by atoms with van der Waals surface area (Å²) in [5, 5.41) is 14.4. The number of imidazole rings is 1. The van der Waals surface area contributed by atoms with Gasteiger partial charge < -0.3 is 30.2 Å². The third-order valence-corrected chi connectivity index (χ3v) is 5.46. The molecule has 9 nitrogen and oxygen atoms in total. The van der Waals surface area contributed by atoms with Gasteiger partial charge in [0.05, 0.1) is 36.5 Å². The molecule has 0 radical (unpaired) electrons. The van der Waals surface area contributed by atoms with Crippen LogP contribution in [0.1, 0.15) is 53.5 Å². The van der Waals surface area contributed by atoms with E-state index < -0.39 is 12.4 Å². The van der Waals surface area contributed by atoms with Crippen molar-refractivity contribution in [2.24, 2.45) is 16.6 Å². The maximum absolute atomic E-state index is 10.7. The van der Waals surface area contributed by atoms with Gasteiger partial charge in [-0.25, -0.2) is 9.97 Å². The van der Waals surface area contributed by atoms with Crippen molar-refractivity contribution in [2.75, 3.05) is 31.6 Å². The molecule has 180 valence electrons. The smallest absolute Gasteiger partial charge is 0.176 e. The number of aliphatic hydroxyl groups excluding tert-OH is 1. The number of pyridine rings is 1. The predicted octanol–water partition coefficient (Wildman–Crippen LogP) is 3.61. The van der Waals surface area contributed by atoms with Gasteiger partial charge in [0.25, 0.3) is 0 Å². The second-order valence-corrected chi connectivity index (χ2v) is 7.64. The van der Waals surface area contributed by atoms with Crippen molar-refractivity contribution in [1.29, 1.82) is 0 Å². The molecule has 1 aliphatic carbocycles. The van der Waals surface area contributed by atoms with Crippen LogP contribution in [0, 0.1) is 5.92 Å². The van der Waals surface area contributed by atoms with E-state index in [2.05, 4.69) is 20.3 Å². The summed E-state index contributed by atoms with van der Waals surface area (Å²) in [4.78, 5) is 13.4. The minimum atomic E-state index is -0.584. The maximum atomic E-state index is 10.7. The van der Waals surface area contributed by atoms with Crippen molar-refractivity contribution in [3.63, 3.8) is 0 Å². The van der Waals surface area contributed by atoms with E-state index >= 15 is 0 Å². The average Bonchev–Trinajstić information content (AvgIpc) is 3.37. The molecule has 4 N–H and O–H groups in total. The number of aliphatic imine (C=N–C) groups is 1. The van der Waals surface area contributed by atoms with Gasteiger partial charge in [0.15, 0.2) is 11.9 Å². The van der Waals surface area contributed by atoms with Gasteiger partial charge in [-0.05, 0) is 33.6 Å². The Morgan fingerprint density at radius 3 is 2.62 bits per heavy atom. The zero-order valence-corrected chi connectivity index (χ0v) is 20.5. The summed E-state index contributed by atoms with van der Waals surface area (Å²) in [5.41, 5.74) is 8.46. The first kappa shape index (κ1) is 26.3. The summed E-state index contributed by atoms with van der Waals surface area (Å²) in [7, 11) is 0. The van der Waals surface area contributed by atoms with E-state index in [1.165, 1.54) is 0 Å². The van der Waals surface area contributed by atoms with Crippen molar-refractivity contribution in [1.82, 2.24) is 14.5 Å². The molecule has 0 aliphatic heterocycles. The number of rotatable bonds is 10. The molecule has 1 aliphatic rings. The summed E-state index contributed by atoms with van der Waals surface area (Å²) in [6.45, 7) is 12.0. The van der Waals surface area contributed by atoms with Gasteiger partial charge in [-0.3, -0.25) is 4.99 Å². The molecule has 1 fully saturated rings. The third-order valence-electron chi connectivity index (χ3n) is 5.27. The third kappa shape index (κ3) is 6.31. The van der Waals surface area contributed by atoms with E-state index in [0.717, 1.165) is 17.7 Å². The van der Waals surface area contributed by atoms with Crippen molar-refractivity contribution in [2.45, 2.75) is 65.9 Å². The van der Waals surface area contributed by atoms with Gasteiger partial charge in [0, 0.05) is 31.7 Å². The van der Waals surface area contributed by atoms with Crippen molar-refractivity contribution >= 4 is 34.3 Å². The van der Waals surface area contributed by atoms with Crippen LogP contribution >= 0.6 is 11.6 Å². The Morgan fingerprint density at radius 1 is 1.31 bits per heavy atom. The van der Waals surface area contributed by atoms with Crippen molar-refractivity contribution in [3.05, 3.63) is 17.5 Å². The number of aromatic nitrogens is 3. The molecule has 2 heterocycles. The van der Waals surface area contributed by atoms with Gasteiger partial charge in [0.2, 0.25) is 0 Å². The number of fused-ring (bicyclic) bond motifs is 1. The zero-order chi connectivity index (χ0) is 23.7. The second-order valence-electron chi connectivity index (χ2n) is 7.26. The Kier molecular flexibility index (Phi) is 10.6. The van der Waals surface area contributed by atoms with Crippen LogP contribution in [0.3, 0.4) is 0 Å². The molecule has 1 saturated carbocycles.